The van der Waals surface area contributed by atoms with E-state index >= 15 is 0 Å². The second-order valence-corrected chi connectivity index (χ2v) is 9.73. The molecule has 1 N–H and O–H groups in total. The second-order valence-electron chi connectivity index (χ2n) is 9.73. The molecule has 0 atom stereocenters. The van der Waals surface area contributed by atoms with Crippen LogP contribution in [0.25, 0.3) is 0 Å². The average molecular weight is 413 g/mol. The molecule has 4 fully saturated rings. The summed E-state index contributed by atoms with van der Waals surface area (Å²) in [5.41, 5.74) is 0.727. The number of carbonyl (C=O) groups excluding carboxylic acids is 2. The van der Waals surface area contributed by atoms with Crippen molar-refractivity contribution in [3.05, 3.63) is 23.8 Å². The maximum absolute atomic E-state index is 13.1. The summed E-state index contributed by atoms with van der Waals surface area (Å²) in [4.78, 5) is 27.8. The Balaban J connectivity index is 1.21. The molecule has 0 aromatic heterocycles. The Labute approximate surface area is 178 Å². The van der Waals surface area contributed by atoms with Crippen LogP contribution in [0.2, 0.25) is 0 Å². The molecule has 0 unspecified atom stereocenters. The lowest BCUT2D eigenvalue weighted by Gasteiger charge is -2.55. The summed E-state index contributed by atoms with van der Waals surface area (Å²) in [6, 6.07) is 5.79. The van der Waals surface area contributed by atoms with Gasteiger partial charge in [0.25, 0.3) is 0 Å². The van der Waals surface area contributed by atoms with Crippen molar-refractivity contribution in [3.63, 3.8) is 0 Å². The fourth-order valence-corrected chi connectivity index (χ4v) is 6.68. The van der Waals surface area contributed by atoms with Gasteiger partial charge in [-0.1, -0.05) is 12.1 Å². The number of ether oxygens (including phenoxy) is 2. The summed E-state index contributed by atoms with van der Waals surface area (Å²) < 4.78 is 11.4. The molecule has 6 heteroatoms. The Kier molecular flexibility index (Phi) is 5.11. The van der Waals surface area contributed by atoms with E-state index in [-0.39, 0.29) is 23.8 Å². The highest BCUT2D eigenvalue weighted by molar-refractivity contribution is 5.88. The first-order valence-corrected chi connectivity index (χ1v) is 11.5. The summed E-state index contributed by atoms with van der Waals surface area (Å²) in [5.74, 6) is 3.68. The minimum absolute atomic E-state index is 0.0510. The van der Waals surface area contributed by atoms with Crippen LogP contribution in [-0.2, 0) is 16.1 Å². The number of likely N-dealkylation sites (N-methyl/N-ethyl adjacent to an activating group) is 1. The van der Waals surface area contributed by atoms with E-state index in [0.29, 0.717) is 26.3 Å². The molecule has 0 saturated heterocycles. The standard InChI is InChI=1S/C24H32N2O4/c1-2-26(15-19-4-3-5-20-22(19)30-7-6-29-20)21(27)14-25-23(28)24-11-16-8-17(12-24)10-18(9-16)13-24/h3-5,16-18H,2,6-15H2,1H3,(H,25,28). The van der Waals surface area contributed by atoms with Crippen molar-refractivity contribution in [1.82, 2.24) is 10.2 Å². The lowest BCUT2D eigenvalue weighted by molar-refractivity contribution is -0.148. The van der Waals surface area contributed by atoms with Crippen LogP contribution in [-0.4, -0.2) is 43.0 Å². The molecule has 6 nitrogen and oxygen atoms in total. The van der Waals surface area contributed by atoms with Crippen molar-refractivity contribution in [2.45, 2.75) is 52.0 Å². The molecule has 4 aliphatic carbocycles. The van der Waals surface area contributed by atoms with E-state index in [0.717, 1.165) is 54.1 Å². The Hall–Kier alpha value is -2.24. The molecule has 4 bridgehead atoms. The number of hydrogen-bond donors (Lipinski definition) is 1. The average Bonchev–Trinajstić information content (AvgIpc) is 2.74. The summed E-state index contributed by atoms with van der Waals surface area (Å²) in [6.07, 6.45) is 6.98. The van der Waals surface area contributed by atoms with Gasteiger partial charge in [-0.2, -0.15) is 0 Å². The summed E-state index contributed by atoms with van der Waals surface area (Å²) in [6.45, 7) is 4.13. The third kappa shape index (κ3) is 3.54. The molecule has 1 aromatic rings. The molecule has 162 valence electrons. The number of nitrogens with one attached hydrogen (secondary N) is 1. The van der Waals surface area contributed by atoms with Gasteiger partial charge in [-0.15, -0.1) is 0 Å². The predicted molar refractivity (Wildman–Crippen MR) is 112 cm³/mol. The number of rotatable bonds is 6. The molecular formula is C24H32N2O4. The van der Waals surface area contributed by atoms with Gasteiger partial charge < -0.3 is 19.7 Å². The van der Waals surface area contributed by atoms with Crippen molar-refractivity contribution in [2.75, 3.05) is 26.3 Å². The van der Waals surface area contributed by atoms with Gasteiger partial charge in [-0.3, -0.25) is 9.59 Å². The van der Waals surface area contributed by atoms with Crippen molar-refractivity contribution >= 4 is 11.8 Å². The lowest BCUT2D eigenvalue weighted by Crippen LogP contribution is -2.54. The maximum Gasteiger partial charge on any atom is 0.242 e. The molecule has 4 saturated carbocycles. The number of benzene rings is 1. The molecule has 5 aliphatic rings. The Bertz CT molecular complexity index is 801. The normalized spacial score (nSPS) is 30.8. The first-order valence-electron chi connectivity index (χ1n) is 11.5. The van der Waals surface area contributed by atoms with Gasteiger partial charge in [0.05, 0.1) is 6.54 Å². The van der Waals surface area contributed by atoms with E-state index in [1.54, 1.807) is 4.90 Å². The molecule has 0 radical (unpaired) electrons. The second kappa shape index (κ2) is 7.78. The van der Waals surface area contributed by atoms with Gasteiger partial charge in [0, 0.05) is 24.1 Å². The Morgan fingerprint density at radius 3 is 2.40 bits per heavy atom. The Morgan fingerprint density at radius 2 is 1.73 bits per heavy atom. The van der Waals surface area contributed by atoms with E-state index < -0.39 is 0 Å². The van der Waals surface area contributed by atoms with Gasteiger partial charge in [-0.05, 0) is 69.3 Å². The molecule has 1 heterocycles. The predicted octanol–water partition coefficient (Wildman–Crippen LogP) is 3.14. The number of carbonyl (C=O) groups is 2. The third-order valence-corrected chi connectivity index (χ3v) is 7.66. The van der Waals surface area contributed by atoms with Crippen LogP contribution in [0.5, 0.6) is 11.5 Å². The van der Waals surface area contributed by atoms with Crippen LogP contribution in [0.4, 0.5) is 0 Å². The number of hydrogen-bond acceptors (Lipinski definition) is 4. The third-order valence-electron chi connectivity index (χ3n) is 7.66. The van der Waals surface area contributed by atoms with E-state index in [1.165, 1.54) is 19.3 Å². The minimum Gasteiger partial charge on any atom is -0.486 e. The first-order chi connectivity index (χ1) is 14.6. The van der Waals surface area contributed by atoms with Gasteiger partial charge in [0.1, 0.15) is 13.2 Å². The minimum atomic E-state index is -0.213. The van der Waals surface area contributed by atoms with E-state index in [9.17, 15) is 9.59 Å². The number of nitrogens with zero attached hydrogens (tertiary/aromatic N) is 1. The van der Waals surface area contributed by atoms with Crippen molar-refractivity contribution in [3.8, 4) is 11.5 Å². The highest BCUT2D eigenvalue weighted by atomic mass is 16.6. The van der Waals surface area contributed by atoms with Gasteiger partial charge in [-0.25, -0.2) is 0 Å². The number of para-hydroxylation sites is 1. The van der Waals surface area contributed by atoms with Gasteiger partial charge in [0.15, 0.2) is 11.5 Å². The zero-order valence-corrected chi connectivity index (χ0v) is 17.8. The van der Waals surface area contributed by atoms with Gasteiger partial charge >= 0.3 is 0 Å². The summed E-state index contributed by atoms with van der Waals surface area (Å²) in [7, 11) is 0. The van der Waals surface area contributed by atoms with E-state index in [2.05, 4.69) is 5.32 Å². The zero-order valence-electron chi connectivity index (χ0n) is 17.8. The van der Waals surface area contributed by atoms with Crippen LogP contribution in [0, 0.1) is 23.2 Å². The monoisotopic (exact) mass is 412 g/mol. The molecule has 1 aliphatic heterocycles. The molecule has 30 heavy (non-hydrogen) atoms. The smallest absolute Gasteiger partial charge is 0.242 e. The fraction of sp³-hybridized carbons (Fsp3) is 0.667. The quantitative estimate of drug-likeness (QED) is 0.780. The van der Waals surface area contributed by atoms with E-state index in [1.807, 2.05) is 25.1 Å². The molecule has 1 aromatic carbocycles. The maximum atomic E-state index is 13.1. The summed E-state index contributed by atoms with van der Waals surface area (Å²) in [5, 5.41) is 3.02. The first kappa shape index (κ1) is 19.7. The Morgan fingerprint density at radius 1 is 1.07 bits per heavy atom. The molecule has 6 rings (SSSR count). The summed E-state index contributed by atoms with van der Waals surface area (Å²) >= 11 is 0. The zero-order chi connectivity index (χ0) is 20.7. The highest BCUT2D eigenvalue weighted by Crippen LogP contribution is 2.60. The van der Waals surface area contributed by atoms with Crippen LogP contribution >= 0.6 is 0 Å². The van der Waals surface area contributed by atoms with Crippen LogP contribution in [0.1, 0.15) is 51.0 Å². The number of amides is 2. The van der Waals surface area contributed by atoms with Crippen LogP contribution in [0.15, 0.2) is 18.2 Å². The van der Waals surface area contributed by atoms with Crippen LogP contribution in [0.3, 0.4) is 0 Å². The highest BCUT2D eigenvalue weighted by Gasteiger charge is 2.54. The molecule has 2 amide bonds. The lowest BCUT2D eigenvalue weighted by atomic mass is 9.49. The van der Waals surface area contributed by atoms with Crippen LogP contribution < -0.4 is 14.8 Å². The largest absolute Gasteiger partial charge is 0.486 e. The molecule has 0 spiro atoms. The van der Waals surface area contributed by atoms with Crippen molar-refractivity contribution in [2.24, 2.45) is 23.2 Å². The van der Waals surface area contributed by atoms with E-state index in [4.69, 9.17) is 9.47 Å². The van der Waals surface area contributed by atoms with Gasteiger partial charge in [0.2, 0.25) is 11.8 Å². The topological polar surface area (TPSA) is 67.9 Å². The van der Waals surface area contributed by atoms with Crippen molar-refractivity contribution in [1.29, 1.82) is 0 Å². The number of fused-ring (bicyclic) bond motifs is 1. The fourth-order valence-electron chi connectivity index (χ4n) is 6.68. The van der Waals surface area contributed by atoms with Crippen molar-refractivity contribution < 1.29 is 19.1 Å². The SMILES string of the molecule is CCN(Cc1cccc2c1OCCO2)C(=O)CNC(=O)C12CC3CC(CC(C3)C1)C2. The molecular weight excluding hydrogens is 380 g/mol.